The first-order valence-corrected chi connectivity index (χ1v) is 6.46. The van der Waals surface area contributed by atoms with Crippen molar-refractivity contribution < 1.29 is 0 Å². The van der Waals surface area contributed by atoms with E-state index in [4.69, 9.17) is 0 Å². The Balaban J connectivity index is 2.15. The van der Waals surface area contributed by atoms with Crippen molar-refractivity contribution >= 4 is 22.7 Å². The van der Waals surface area contributed by atoms with Crippen LogP contribution in [0, 0.1) is 0 Å². The van der Waals surface area contributed by atoms with Crippen molar-refractivity contribution in [2.45, 2.75) is 0 Å². The van der Waals surface area contributed by atoms with E-state index in [1.165, 1.54) is 15.4 Å². The number of thiophene rings is 2. The fourth-order valence-electron chi connectivity index (χ4n) is 1.59. The molecule has 0 aliphatic heterocycles. The zero-order chi connectivity index (χ0) is 10.1. The van der Waals surface area contributed by atoms with Crippen LogP contribution in [0.5, 0.6) is 0 Å². The van der Waals surface area contributed by atoms with Gasteiger partial charge in [-0.2, -0.15) is 0 Å². The molecule has 0 saturated carbocycles. The number of aromatic nitrogens is 1. The normalized spacial score (nSPS) is 10.7. The Kier molecular flexibility index (Phi) is 2.19. The van der Waals surface area contributed by atoms with Gasteiger partial charge >= 0.3 is 0 Å². The van der Waals surface area contributed by atoms with Crippen molar-refractivity contribution in [1.82, 2.24) is 4.57 Å². The average molecular weight is 231 g/mol. The highest BCUT2D eigenvalue weighted by Gasteiger charge is 2.08. The molecule has 0 bridgehead atoms. The first-order valence-electron chi connectivity index (χ1n) is 4.70. The maximum atomic E-state index is 2.17. The average Bonchev–Trinajstić information content (AvgIpc) is 3.01. The third-order valence-electron chi connectivity index (χ3n) is 2.27. The third kappa shape index (κ3) is 1.54. The van der Waals surface area contributed by atoms with Crippen molar-refractivity contribution in [3.8, 4) is 15.4 Å². The first kappa shape index (κ1) is 8.95. The van der Waals surface area contributed by atoms with Gasteiger partial charge in [0, 0.05) is 17.3 Å². The molecule has 0 unspecified atom stereocenters. The van der Waals surface area contributed by atoms with Crippen LogP contribution in [0.1, 0.15) is 0 Å². The molecular weight excluding hydrogens is 222 g/mol. The van der Waals surface area contributed by atoms with Gasteiger partial charge in [-0.05, 0) is 35.0 Å². The lowest BCUT2D eigenvalue weighted by Crippen LogP contribution is -1.87. The standard InChI is InChI=1S/C12H9NS2/c1-2-7-13(6-1)10-5-9-15-12(10)11-4-3-8-14-11/h1-9H. The third-order valence-corrected chi connectivity index (χ3v) is 4.23. The molecule has 0 fully saturated rings. The molecule has 3 heteroatoms. The van der Waals surface area contributed by atoms with Crippen LogP contribution in [0.15, 0.2) is 53.5 Å². The topological polar surface area (TPSA) is 4.93 Å². The largest absolute Gasteiger partial charge is 0.322 e. The number of nitrogens with zero attached hydrogens (tertiary/aromatic N) is 1. The fourth-order valence-corrected chi connectivity index (χ4v) is 3.37. The highest BCUT2D eigenvalue weighted by atomic mass is 32.1. The minimum atomic E-state index is 1.27. The summed E-state index contributed by atoms with van der Waals surface area (Å²) in [5, 5.41) is 4.26. The molecule has 1 nitrogen and oxygen atoms in total. The Morgan fingerprint density at radius 1 is 0.867 bits per heavy atom. The molecule has 0 aliphatic carbocycles. The second-order valence-electron chi connectivity index (χ2n) is 3.20. The molecule has 0 atom stereocenters. The second kappa shape index (κ2) is 3.68. The molecule has 0 spiro atoms. The van der Waals surface area contributed by atoms with Crippen molar-refractivity contribution in [1.29, 1.82) is 0 Å². The summed E-state index contributed by atoms with van der Waals surface area (Å²) in [6.45, 7) is 0. The lowest BCUT2D eigenvalue weighted by atomic mass is 10.3. The first-order chi connectivity index (χ1) is 7.45. The van der Waals surface area contributed by atoms with E-state index in [0.717, 1.165) is 0 Å². The van der Waals surface area contributed by atoms with Gasteiger partial charge in [0.2, 0.25) is 0 Å². The van der Waals surface area contributed by atoms with Crippen LogP contribution in [0.4, 0.5) is 0 Å². The minimum Gasteiger partial charge on any atom is -0.322 e. The predicted molar refractivity (Wildman–Crippen MR) is 67.0 cm³/mol. The molecule has 15 heavy (non-hydrogen) atoms. The van der Waals surface area contributed by atoms with Gasteiger partial charge in [-0.1, -0.05) is 6.07 Å². The van der Waals surface area contributed by atoms with E-state index in [0.29, 0.717) is 0 Å². The van der Waals surface area contributed by atoms with Crippen molar-refractivity contribution in [3.63, 3.8) is 0 Å². The molecule has 3 aromatic heterocycles. The number of hydrogen-bond acceptors (Lipinski definition) is 2. The monoisotopic (exact) mass is 231 g/mol. The van der Waals surface area contributed by atoms with Gasteiger partial charge < -0.3 is 4.57 Å². The molecule has 74 valence electrons. The summed E-state index contributed by atoms with van der Waals surface area (Å²) in [4.78, 5) is 2.69. The number of hydrogen-bond donors (Lipinski definition) is 0. The molecule has 0 aromatic carbocycles. The summed E-state index contributed by atoms with van der Waals surface area (Å²) in [6, 6.07) is 10.5. The molecule has 0 saturated heterocycles. The molecule has 3 rings (SSSR count). The van der Waals surface area contributed by atoms with Gasteiger partial charge in [-0.25, -0.2) is 0 Å². The van der Waals surface area contributed by atoms with Gasteiger partial charge in [0.1, 0.15) is 0 Å². The van der Waals surface area contributed by atoms with Crippen molar-refractivity contribution in [2.75, 3.05) is 0 Å². The van der Waals surface area contributed by atoms with Crippen LogP contribution in [0.3, 0.4) is 0 Å². The molecule has 0 N–H and O–H groups in total. The summed E-state index contributed by atoms with van der Waals surface area (Å²) in [6.07, 6.45) is 4.16. The summed E-state index contributed by atoms with van der Waals surface area (Å²) < 4.78 is 2.16. The maximum absolute atomic E-state index is 2.17. The zero-order valence-corrected chi connectivity index (χ0v) is 9.59. The minimum absolute atomic E-state index is 1.27. The summed E-state index contributed by atoms with van der Waals surface area (Å²) in [7, 11) is 0. The van der Waals surface area contributed by atoms with Crippen molar-refractivity contribution in [3.05, 3.63) is 53.5 Å². The fraction of sp³-hybridized carbons (Fsp3) is 0. The second-order valence-corrected chi connectivity index (χ2v) is 5.07. The van der Waals surface area contributed by atoms with Gasteiger partial charge in [-0.15, -0.1) is 22.7 Å². The predicted octanol–water partition coefficient (Wildman–Crippen LogP) is 4.27. The van der Waals surface area contributed by atoms with E-state index >= 15 is 0 Å². The van der Waals surface area contributed by atoms with E-state index in [1.54, 1.807) is 22.7 Å². The van der Waals surface area contributed by atoms with Crippen LogP contribution < -0.4 is 0 Å². The van der Waals surface area contributed by atoms with Crippen LogP contribution in [0.25, 0.3) is 15.4 Å². The Morgan fingerprint density at radius 2 is 1.73 bits per heavy atom. The lowest BCUT2D eigenvalue weighted by Gasteiger charge is -2.02. The zero-order valence-electron chi connectivity index (χ0n) is 7.96. The summed E-state index contributed by atoms with van der Waals surface area (Å²) >= 11 is 3.58. The van der Waals surface area contributed by atoms with E-state index < -0.39 is 0 Å². The summed E-state index contributed by atoms with van der Waals surface area (Å²) in [5.41, 5.74) is 1.27. The van der Waals surface area contributed by atoms with Crippen LogP contribution in [0.2, 0.25) is 0 Å². The van der Waals surface area contributed by atoms with Crippen LogP contribution in [-0.4, -0.2) is 4.57 Å². The maximum Gasteiger partial charge on any atom is 0.0682 e. The SMILES string of the molecule is c1csc(-c2sccc2-n2cccc2)c1. The molecule has 0 aliphatic rings. The van der Waals surface area contributed by atoms with Gasteiger partial charge in [0.05, 0.1) is 10.6 Å². The van der Waals surface area contributed by atoms with E-state index in [-0.39, 0.29) is 0 Å². The van der Waals surface area contributed by atoms with Gasteiger partial charge in [0.25, 0.3) is 0 Å². The molecule has 0 radical (unpaired) electrons. The Hall–Kier alpha value is -1.32. The van der Waals surface area contributed by atoms with Gasteiger partial charge in [0.15, 0.2) is 0 Å². The Bertz CT molecular complexity index is 483. The highest BCUT2D eigenvalue weighted by Crippen LogP contribution is 2.35. The molecule has 3 heterocycles. The quantitative estimate of drug-likeness (QED) is 0.621. The number of rotatable bonds is 2. The summed E-state index contributed by atoms with van der Waals surface area (Å²) in [5.74, 6) is 0. The van der Waals surface area contributed by atoms with Crippen molar-refractivity contribution in [2.24, 2.45) is 0 Å². The molecule has 3 aromatic rings. The molecular formula is C12H9NS2. The molecule has 0 amide bonds. The van der Waals surface area contributed by atoms with E-state index in [1.807, 2.05) is 0 Å². The van der Waals surface area contributed by atoms with Crippen LogP contribution in [-0.2, 0) is 0 Å². The smallest absolute Gasteiger partial charge is 0.0682 e. The highest BCUT2D eigenvalue weighted by molar-refractivity contribution is 7.20. The Morgan fingerprint density at radius 3 is 2.47 bits per heavy atom. The van der Waals surface area contributed by atoms with E-state index in [2.05, 4.69) is 58.1 Å². The lowest BCUT2D eigenvalue weighted by molar-refractivity contribution is 1.09. The van der Waals surface area contributed by atoms with Crippen LogP contribution >= 0.6 is 22.7 Å². The Labute approximate surface area is 96.2 Å². The van der Waals surface area contributed by atoms with Gasteiger partial charge in [-0.3, -0.25) is 0 Å². The van der Waals surface area contributed by atoms with E-state index in [9.17, 15) is 0 Å².